The van der Waals surface area contributed by atoms with Gasteiger partial charge in [-0.1, -0.05) is 43.3 Å². The van der Waals surface area contributed by atoms with Gasteiger partial charge in [-0.25, -0.2) is 4.99 Å². The summed E-state index contributed by atoms with van der Waals surface area (Å²) in [6, 6.07) is 17.0. The van der Waals surface area contributed by atoms with Crippen LogP contribution in [0.1, 0.15) is 23.6 Å². The Morgan fingerprint density at radius 2 is 1.70 bits per heavy atom. The van der Waals surface area contributed by atoms with Crippen LogP contribution in [0, 0.1) is 0 Å². The Kier molecular flexibility index (Phi) is 6.85. The van der Waals surface area contributed by atoms with Crippen LogP contribution in [-0.2, 0) is 19.5 Å². The van der Waals surface area contributed by atoms with Crippen LogP contribution in [0.25, 0.3) is 0 Å². The fourth-order valence-electron chi connectivity index (χ4n) is 3.25. The molecule has 3 N–H and O–H groups in total. The molecular formula is C22H31N5. The Labute approximate surface area is 162 Å². The highest BCUT2D eigenvalue weighted by Gasteiger charge is 2.13. The number of rotatable bonds is 6. The summed E-state index contributed by atoms with van der Waals surface area (Å²) in [6.07, 6.45) is 1.01. The lowest BCUT2D eigenvalue weighted by Crippen LogP contribution is -2.43. The molecule has 1 aliphatic rings. The van der Waals surface area contributed by atoms with Crippen molar-refractivity contribution in [2.45, 2.75) is 26.4 Å². The molecule has 0 unspecified atom stereocenters. The van der Waals surface area contributed by atoms with Crippen molar-refractivity contribution < 1.29 is 0 Å². The smallest absolute Gasteiger partial charge is 0.193 e. The van der Waals surface area contributed by atoms with Crippen LogP contribution in [0.2, 0.25) is 0 Å². The van der Waals surface area contributed by atoms with Crippen molar-refractivity contribution in [3.8, 4) is 0 Å². The number of piperazine rings is 1. The zero-order valence-corrected chi connectivity index (χ0v) is 16.5. The van der Waals surface area contributed by atoms with Gasteiger partial charge in [0, 0.05) is 38.4 Å². The summed E-state index contributed by atoms with van der Waals surface area (Å²) >= 11 is 0. The molecular weight excluding hydrogens is 334 g/mol. The van der Waals surface area contributed by atoms with E-state index in [2.05, 4.69) is 70.5 Å². The number of nitrogens with one attached hydrogen (secondary N) is 1. The van der Waals surface area contributed by atoms with Gasteiger partial charge >= 0.3 is 0 Å². The minimum absolute atomic E-state index is 0.449. The number of anilines is 1. The maximum atomic E-state index is 6.04. The topological polar surface area (TPSA) is 56.9 Å². The van der Waals surface area contributed by atoms with E-state index in [1.165, 1.54) is 16.7 Å². The van der Waals surface area contributed by atoms with Crippen LogP contribution >= 0.6 is 0 Å². The number of likely N-dealkylation sites (N-methyl/N-ethyl adjacent to an activating group) is 1. The normalized spacial score (nSPS) is 16.4. The van der Waals surface area contributed by atoms with E-state index in [-0.39, 0.29) is 0 Å². The number of aryl methyl sites for hydroxylation is 1. The zero-order valence-electron chi connectivity index (χ0n) is 16.5. The third kappa shape index (κ3) is 6.08. The molecule has 1 saturated heterocycles. The average molecular weight is 366 g/mol. The standard InChI is InChI=1S/C22H31N5/c1-3-18-5-4-6-21(15-18)25-22(23)24-16-19-7-9-20(10-8-19)17-27-13-11-26(2)12-14-27/h4-10,15H,3,11-14,16-17H2,1-2H3,(H3,23,24,25). The van der Waals surface area contributed by atoms with Gasteiger partial charge in [0.05, 0.1) is 6.54 Å². The van der Waals surface area contributed by atoms with Crippen molar-refractivity contribution in [3.05, 3.63) is 65.2 Å². The molecule has 2 aromatic rings. The number of guanidine groups is 1. The number of nitrogens with zero attached hydrogens (tertiary/aromatic N) is 3. The zero-order chi connectivity index (χ0) is 19.1. The van der Waals surface area contributed by atoms with Crippen molar-refractivity contribution in [2.75, 3.05) is 38.5 Å². The van der Waals surface area contributed by atoms with Gasteiger partial charge in [-0.05, 0) is 42.3 Å². The van der Waals surface area contributed by atoms with Crippen LogP contribution in [0.3, 0.4) is 0 Å². The predicted molar refractivity (Wildman–Crippen MR) is 114 cm³/mol. The molecule has 0 aromatic heterocycles. The molecule has 0 aliphatic carbocycles. The van der Waals surface area contributed by atoms with Crippen molar-refractivity contribution in [1.82, 2.24) is 9.80 Å². The van der Waals surface area contributed by atoms with E-state index >= 15 is 0 Å². The van der Waals surface area contributed by atoms with Gasteiger partial charge in [0.25, 0.3) is 0 Å². The van der Waals surface area contributed by atoms with E-state index < -0.39 is 0 Å². The number of nitrogens with two attached hydrogens (primary N) is 1. The predicted octanol–water partition coefficient (Wildman–Crippen LogP) is 2.92. The van der Waals surface area contributed by atoms with Gasteiger partial charge in [0.1, 0.15) is 0 Å². The van der Waals surface area contributed by atoms with Gasteiger partial charge in [0.15, 0.2) is 5.96 Å². The summed E-state index contributed by atoms with van der Waals surface area (Å²) in [5.74, 6) is 0.449. The molecule has 27 heavy (non-hydrogen) atoms. The lowest BCUT2D eigenvalue weighted by molar-refractivity contribution is 0.148. The van der Waals surface area contributed by atoms with Crippen molar-refractivity contribution in [3.63, 3.8) is 0 Å². The summed E-state index contributed by atoms with van der Waals surface area (Å²) < 4.78 is 0. The van der Waals surface area contributed by atoms with Crippen molar-refractivity contribution in [1.29, 1.82) is 0 Å². The second-order valence-electron chi connectivity index (χ2n) is 7.28. The Bertz CT molecular complexity index is 746. The first-order chi connectivity index (χ1) is 13.1. The average Bonchev–Trinajstić information content (AvgIpc) is 2.69. The van der Waals surface area contributed by atoms with Gasteiger partial charge < -0.3 is 16.0 Å². The molecule has 1 aliphatic heterocycles. The highest BCUT2D eigenvalue weighted by molar-refractivity contribution is 5.92. The second-order valence-corrected chi connectivity index (χ2v) is 7.28. The minimum atomic E-state index is 0.449. The van der Waals surface area contributed by atoms with Crippen LogP contribution in [0.15, 0.2) is 53.5 Å². The molecule has 3 rings (SSSR count). The Balaban J connectivity index is 1.50. The maximum absolute atomic E-state index is 6.04. The van der Waals surface area contributed by atoms with Crippen molar-refractivity contribution >= 4 is 11.6 Å². The highest BCUT2D eigenvalue weighted by Crippen LogP contribution is 2.12. The second kappa shape index (κ2) is 9.53. The molecule has 5 nitrogen and oxygen atoms in total. The maximum Gasteiger partial charge on any atom is 0.193 e. The molecule has 1 heterocycles. The molecule has 0 radical (unpaired) electrons. The number of aliphatic imine (C=N–C) groups is 1. The van der Waals surface area contributed by atoms with Crippen LogP contribution in [0.5, 0.6) is 0 Å². The third-order valence-corrected chi connectivity index (χ3v) is 5.06. The number of hydrogen-bond donors (Lipinski definition) is 2. The van der Waals surface area contributed by atoms with Gasteiger partial charge in [0.2, 0.25) is 0 Å². The van der Waals surface area contributed by atoms with Gasteiger partial charge in [-0.3, -0.25) is 4.90 Å². The number of hydrogen-bond acceptors (Lipinski definition) is 3. The molecule has 144 valence electrons. The fraction of sp³-hybridized carbons (Fsp3) is 0.409. The quantitative estimate of drug-likeness (QED) is 0.610. The Morgan fingerprint density at radius 3 is 2.41 bits per heavy atom. The van der Waals surface area contributed by atoms with E-state index in [4.69, 9.17) is 5.73 Å². The first kappa shape index (κ1) is 19.4. The molecule has 0 saturated carbocycles. The fourth-order valence-corrected chi connectivity index (χ4v) is 3.25. The summed E-state index contributed by atoms with van der Waals surface area (Å²) in [5.41, 5.74) is 10.8. The molecule has 0 bridgehead atoms. The van der Waals surface area contributed by atoms with Crippen LogP contribution in [0.4, 0.5) is 5.69 Å². The molecule has 0 amide bonds. The van der Waals surface area contributed by atoms with Crippen LogP contribution < -0.4 is 11.1 Å². The van der Waals surface area contributed by atoms with Gasteiger partial charge in [-0.15, -0.1) is 0 Å². The molecule has 5 heteroatoms. The molecule has 2 aromatic carbocycles. The van der Waals surface area contributed by atoms with Crippen molar-refractivity contribution in [2.24, 2.45) is 10.7 Å². The monoisotopic (exact) mass is 365 g/mol. The van der Waals surface area contributed by atoms with E-state index in [0.29, 0.717) is 12.5 Å². The first-order valence-electron chi connectivity index (χ1n) is 9.77. The van der Waals surface area contributed by atoms with Gasteiger partial charge in [-0.2, -0.15) is 0 Å². The SMILES string of the molecule is CCc1cccc(NC(N)=NCc2ccc(CN3CCN(C)CC3)cc2)c1. The molecule has 0 atom stereocenters. The Morgan fingerprint density at radius 1 is 1.00 bits per heavy atom. The Hall–Kier alpha value is -2.37. The summed E-state index contributed by atoms with van der Waals surface area (Å²) in [7, 11) is 2.19. The summed E-state index contributed by atoms with van der Waals surface area (Å²) in [5, 5.41) is 3.17. The van der Waals surface area contributed by atoms with E-state index in [1.807, 2.05) is 12.1 Å². The lowest BCUT2D eigenvalue weighted by Gasteiger charge is -2.32. The summed E-state index contributed by atoms with van der Waals surface area (Å²) in [4.78, 5) is 9.36. The number of benzene rings is 2. The summed E-state index contributed by atoms with van der Waals surface area (Å²) in [6.45, 7) is 8.34. The van der Waals surface area contributed by atoms with E-state index in [0.717, 1.165) is 44.8 Å². The first-order valence-corrected chi connectivity index (χ1v) is 9.77. The largest absolute Gasteiger partial charge is 0.370 e. The molecule has 0 spiro atoms. The minimum Gasteiger partial charge on any atom is -0.370 e. The molecule has 1 fully saturated rings. The highest BCUT2D eigenvalue weighted by atomic mass is 15.2. The third-order valence-electron chi connectivity index (χ3n) is 5.06. The lowest BCUT2D eigenvalue weighted by atomic mass is 10.1. The van der Waals surface area contributed by atoms with Crippen LogP contribution in [-0.4, -0.2) is 49.0 Å². The van der Waals surface area contributed by atoms with E-state index in [9.17, 15) is 0 Å². The van der Waals surface area contributed by atoms with E-state index in [1.54, 1.807) is 0 Å².